The van der Waals surface area contributed by atoms with E-state index in [1.54, 1.807) is 6.07 Å². The average Bonchev–Trinajstić information content (AvgIpc) is 2.98. The smallest absolute Gasteiger partial charge is 0.221 e. The van der Waals surface area contributed by atoms with Gasteiger partial charge in [-0.25, -0.2) is 4.39 Å². The number of carbonyl (C=O) groups excluding carboxylic acids is 1. The van der Waals surface area contributed by atoms with Crippen molar-refractivity contribution in [3.05, 3.63) is 71.7 Å². The Morgan fingerprint density at radius 1 is 1.15 bits per heavy atom. The number of benzene rings is 2. The van der Waals surface area contributed by atoms with Crippen LogP contribution in [-0.2, 0) is 11.3 Å². The summed E-state index contributed by atoms with van der Waals surface area (Å²) in [6.45, 7) is 6.82. The van der Waals surface area contributed by atoms with Gasteiger partial charge < -0.3 is 9.88 Å². The molecule has 0 saturated carbocycles. The molecule has 0 spiro atoms. The fraction of sp³-hybridized carbons (Fsp3) is 0.318. The quantitative estimate of drug-likeness (QED) is 0.676. The summed E-state index contributed by atoms with van der Waals surface area (Å²) >= 11 is 0. The lowest BCUT2D eigenvalue weighted by molar-refractivity contribution is -0.121. The summed E-state index contributed by atoms with van der Waals surface area (Å²) in [5.74, 6) is -0.499. The third-order valence-corrected chi connectivity index (χ3v) is 4.63. The minimum Gasteiger partial charge on any atom is -0.354 e. The summed E-state index contributed by atoms with van der Waals surface area (Å²) in [6.07, 6.45) is 2.39. The van der Waals surface area contributed by atoms with Crippen molar-refractivity contribution in [3.8, 4) is 0 Å². The molecule has 3 nitrogen and oxygen atoms in total. The summed E-state index contributed by atoms with van der Waals surface area (Å²) in [6, 6.07) is 14.8. The van der Waals surface area contributed by atoms with Crippen LogP contribution in [0.1, 0.15) is 44.2 Å². The molecular formula is C22H25FN2O. The lowest BCUT2D eigenvalue weighted by Gasteiger charge is -2.18. The van der Waals surface area contributed by atoms with Crippen LogP contribution in [0, 0.1) is 5.82 Å². The molecule has 136 valence electrons. The number of carbonyl (C=O) groups is 1. The third kappa shape index (κ3) is 3.79. The van der Waals surface area contributed by atoms with Crippen LogP contribution in [-0.4, -0.2) is 16.5 Å². The largest absolute Gasteiger partial charge is 0.354 e. The second-order valence-corrected chi connectivity index (χ2v) is 6.92. The topological polar surface area (TPSA) is 34.0 Å². The van der Waals surface area contributed by atoms with Gasteiger partial charge >= 0.3 is 0 Å². The van der Waals surface area contributed by atoms with Crippen LogP contribution in [0.5, 0.6) is 0 Å². The number of halogens is 1. The van der Waals surface area contributed by atoms with Crippen LogP contribution in [0.15, 0.2) is 54.7 Å². The van der Waals surface area contributed by atoms with Gasteiger partial charge in [-0.3, -0.25) is 4.79 Å². The van der Waals surface area contributed by atoms with Crippen molar-refractivity contribution >= 4 is 16.8 Å². The highest BCUT2D eigenvalue weighted by Crippen LogP contribution is 2.35. The second-order valence-electron chi connectivity index (χ2n) is 6.92. The van der Waals surface area contributed by atoms with Crippen molar-refractivity contribution in [1.29, 1.82) is 0 Å². The molecule has 0 bridgehead atoms. The van der Waals surface area contributed by atoms with Crippen LogP contribution >= 0.6 is 0 Å². The van der Waals surface area contributed by atoms with Gasteiger partial charge in [-0.05, 0) is 50.1 Å². The molecule has 0 aliphatic rings. The Bertz CT molecular complexity index is 913. The van der Waals surface area contributed by atoms with Gasteiger partial charge in [0.05, 0.1) is 0 Å². The number of para-hydroxylation sites is 1. The molecular weight excluding hydrogens is 327 g/mol. The van der Waals surface area contributed by atoms with Crippen LogP contribution in [0.25, 0.3) is 10.9 Å². The first-order chi connectivity index (χ1) is 12.5. The predicted octanol–water partition coefficient (Wildman–Crippen LogP) is 4.85. The average molecular weight is 352 g/mol. The van der Waals surface area contributed by atoms with Gasteiger partial charge in [-0.2, -0.15) is 0 Å². The van der Waals surface area contributed by atoms with E-state index >= 15 is 0 Å². The highest BCUT2D eigenvalue weighted by molar-refractivity contribution is 5.86. The first-order valence-corrected chi connectivity index (χ1v) is 9.12. The van der Waals surface area contributed by atoms with E-state index in [4.69, 9.17) is 0 Å². The minimum absolute atomic E-state index is 0.0254. The van der Waals surface area contributed by atoms with Crippen molar-refractivity contribution in [2.24, 2.45) is 0 Å². The second kappa shape index (κ2) is 7.73. The van der Waals surface area contributed by atoms with E-state index in [2.05, 4.69) is 35.1 Å². The summed E-state index contributed by atoms with van der Waals surface area (Å²) in [5.41, 5.74) is 3.02. The summed E-state index contributed by atoms with van der Waals surface area (Å²) < 4.78 is 16.0. The van der Waals surface area contributed by atoms with Crippen molar-refractivity contribution in [1.82, 2.24) is 9.88 Å². The Kier molecular flexibility index (Phi) is 5.40. The Morgan fingerprint density at radius 3 is 2.62 bits per heavy atom. The molecule has 1 atom stereocenters. The maximum absolute atomic E-state index is 13.9. The van der Waals surface area contributed by atoms with E-state index in [1.807, 2.05) is 32.0 Å². The molecule has 0 saturated heterocycles. The van der Waals surface area contributed by atoms with Gasteiger partial charge in [0.2, 0.25) is 5.91 Å². The molecule has 2 aromatic carbocycles. The zero-order valence-electron chi connectivity index (χ0n) is 15.5. The number of nitrogens with zero attached hydrogens (tertiary/aromatic N) is 1. The van der Waals surface area contributed by atoms with E-state index < -0.39 is 0 Å². The number of aromatic nitrogens is 1. The van der Waals surface area contributed by atoms with Crippen molar-refractivity contribution in [3.63, 3.8) is 0 Å². The fourth-order valence-corrected chi connectivity index (χ4v) is 3.51. The van der Waals surface area contributed by atoms with E-state index in [1.165, 1.54) is 12.1 Å². The molecule has 4 heteroatoms. The molecule has 1 N–H and O–H groups in total. The van der Waals surface area contributed by atoms with Crippen molar-refractivity contribution in [2.45, 2.75) is 45.7 Å². The normalized spacial score (nSPS) is 12.5. The molecule has 0 aliphatic heterocycles. The maximum Gasteiger partial charge on any atom is 0.221 e. The van der Waals surface area contributed by atoms with E-state index in [0.29, 0.717) is 6.42 Å². The molecule has 0 aliphatic carbocycles. The Labute approximate surface area is 153 Å². The van der Waals surface area contributed by atoms with Gasteiger partial charge in [0, 0.05) is 42.0 Å². The van der Waals surface area contributed by atoms with Gasteiger partial charge in [0.15, 0.2) is 0 Å². The van der Waals surface area contributed by atoms with Gasteiger partial charge in [-0.1, -0.05) is 30.3 Å². The van der Waals surface area contributed by atoms with Gasteiger partial charge in [-0.15, -0.1) is 0 Å². The number of rotatable bonds is 6. The number of hydrogen-bond donors (Lipinski definition) is 1. The van der Waals surface area contributed by atoms with E-state index in [-0.39, 0.29) is 23.7 Å². The van der Waals surface area contributed by atoms with Gasteiger partial charge in [0.1, 0.15) is 5.82 Å². The molecule has 26 heavy (non-hydrogen) atoms. The molecule has 3 rings (SSSR count). The van der Waals surface area contributed by atoms with E-state index in [0.717, 1.165) is 28.6 Å². The van der Waals surface area contributed by atoms with Crippen LogP contribution < -0.4 is 5.32 Å². The number of amides is 1. The summed E-state index contributed by atoms with van der Waals surface area (Å²) in [4.78, 5) is 12.5. The molecule has 1 heterocycles. The summed E-state index contributed by atoms with van der Waals surface area (Å²) in [5, 5.41) is 4.07. The van der Waals surface area contributed by atoms with Crippen LogP contribution in [0.3, 0.4) is 0 Å². The van der Waals surface area contributed by atoms with Gasteiger partial charge in [0.25, 0.3) is 0 Å². The highest BCUT2D eigenvalue weighted by atomic mass is 19.1. The standard InChI is InChI=1S/C22H25FN2O/c1-4-25-14-20(18-10-5-6-11-21(18)25)19(13-22(26)24-15(2)3)16-8-7-9-17(23)12-16/h5-12,14-15,19H,4,13H2,1-3H3,(H,24,26). The Hall–Kier alpha value is -2.62. The zero-order valence-corrected chi connectivity index (χ0v) is 15.5. The zero-order chi connectivity index (χ0) is 18.7. The lowest BCUT2D eigenvalue weighted by atomic mass is 9.88. The van der Waals surface area contributed by atoms with Crippen LogP contribution in [0.4, 0.5) is 4.39 Å². The molecule has 1 aromatic heterocycles. The molecule has 0 radical (unpaired) electrons. The van der Waals surface area contributed by atoms with Crippen molar-refractivity contribution < 1.29 is 9.18 Å². The highest BCUT2D eigenvalue weighted by Gasteiger charge is 2.23. The third-order valence-electron chi connectivity index (χ3n) is 4.63. The SMILES string of the molecule is CCn1cc(C(CC(=O)NC(C)C)c2cccc(F)c2)c2ccccc21. The fourth-order valence-electron chi connectivity index (χ4n) is 3.51. The first-order valence-electron chi connectivity index (χ1n) is 9.12. The monoisotopic (exact) mass is 352 g/mol. The predicted molar refractivity (Wildman–Crippen MR) is 104 cm³/mol. The first kappa shape index (κ1) is 18.2. The number of nitrogens with one attached hydrogen (secondary N) is 1. The van der Waals surface area contributed by atoms with E-state index in [9.17, 15) is 9.18 Å². The Morgan fingerprint density at radius 2 is 1.92 bits per heavy atom. The molecule has 1 amide bonds. The van der Waals surface area contributed by atoms with Crippen molar-refractivity contribution in [2.75, 3.05) is 0 Å². The Balaban J connectivity index is 2.10. The summed E-state index contributed by atoms with van der Waals surface area (Å²) in [7, 11) is 0. The maximum atomic E-state index is 13.9. The lowest BCUT2D eigenvalue weighted by Crippen LogP contribution is -2.31. The molecule has 3 aromatic rings. The number of fused-ring (bicyclic) bond motifs is 1. The number of aryl methyl sites for hydroxylation is 1. The molecule has 1 unspecified atom stereocenters. The minimum atomic E-state index is -0.281. The van der Waals surface area contributed by atoms with Crippen LogP contribution in [0.2, 0.25) is 0 Å². The molecule has 0 fully saturated rings. The number of hydrogen-bond acceptors (Lipinski definition) is 1.